The van der Waals surface area contributed by atoms with Gasteiger partial charge in [-0.05, 0) is 32.1 Å². The number of thioether (sulfide) groups is 1. The first-order chi connectivity index (χ1) is 6.81. The van der Waals surface area contributed by atoms with Gasteiger partial charge in [0.1, 0.15) is 0 Å². The molecule has 2 fully saturated rings. The van der Waals surface area contributed by atoms with Crippen molar-refractivity contribution in [1.29, 1.82) is 0 Å². The van der Waals surface area contributed by atoms with Gasteiger partial charge >= 0.3 is 0 Å². The zero-order valence-corrected chi connectivity index (χ0v) is 9.40. The maximum absolute atomic E-state index is 11.7. The summed E-state index contributed by atoms with van der Waals surface area (Å²) in [5.74, 6) is 0.210. The molecule has 2 N–H and O–H groups in total. The van der Waals surface area contributed by atoms with E-state index in [2.05, 4.69) is 16.9 Å². The van der Waals surface area contributed by atoms with Crippen molar-refractivity contribution < 1.29 is 4.79 Å². The summed E-state index contributed by atoms with van der Waals surface area (Å²) < 4.78 is 0. The van der Waals surface area contributed by atoms with Crippen LogP contribution in [0, 0.1) is 0 Å². The van der Waals surface area contributed by atoms with Crippen molar-refractivity contribution >= 4 is 17.7 Å². The molecule has 0 spiro atoms. The standard InChI is InChI=1S/C10H18N2OS/c1-14-9-4-2-3-7(9)12-10(13)8-5-6-11-8/h7-9,11H,2-6H2,1H3,(H,12,13). The first kappa shape index (κ1) is 10.3. The molecule has 2 rings (SSSR count). The van der Waals surface area contributed by atoms with Crippen LogP contribution < -0.4 is 10.6 Å². The summed E-state index contributed by atoms with van der Waals surface area (Å²) in [6.07, 6.45) is 6.81. The molecule has 0 aromatic carbocycles. The van der Waals surface area contributed by atoms with Gasteiger partial charge in [0.15, 0.2) is 0 Å². The third kappa shape index (κ3) is 2.06. The summed E-state index contributed by atoms with van der Waals surface area (Å²) in [5, 5.41) is 6.93. The Kier molecular flexibility index (Phi) is 3.34. The monoisotopic (exact) mass is 214 g/mol. The van der Waals surface area contributed by atoms with Crippen molar-refractivity contribution in [1.82, 2.24) is 10.6 Å². The van der Waals surface area contributed by atoms with Gasteiger partial charge in [0, 0.05) is 11.3 Å². The van der Waals surface area contributed by atoms with Gasteiger partial charge < -0.3 is 10.6 Å². The molecule has 0 aromatic rings. The van der Waals surface area contributed by atoms with E-state index in [1.807, 2.05) is 11.8 Å². The van der Waals surface area contributed by atoms with Crippen molar-refractivity contribution in [3.8, 4) is 0 Å². The molecule has 1 heterocycles. The van der Waals surface area contributed by atoms with Gasteiger partial charge in [-0.2, -0.15) is 11.8 Å². The van der Waals surface area contributed by atoms with Crippen LogP contribution in [0.1, 0.15) is 25.7 Å². The maximum atomic E-state index is 11.7. The van der Waals surface area contributed by atoms with E-state index in [4.69, 9.17) is 0 Å². The number of carbonyl (C=O) groups is 1. The zero-order chi connectivity index (χ0) is 9.97. The predicted molar refractivity (Wildman–Crippen MR) is 59.5 cm³/mol. The molecule has 0 aromatic heterocycles. The van der Waals surface area contributed by atoms with Crippen LogP contribution in [-0.4, -0.2) is 36.0 Å². The second kappa shape index (κ2) is 4.53. The molecule has 80 valence electrons. The van der Waals surface area contributed by atoms with Gasteiger partial charge in [-0.1, -0.05) is 6.42 Å². The SMILES string of the molecule is CSC1CCCC1NC(=O)C1CCN1. The Bertz CT molecular complexity index is 218. The molecule has 0 radical (unpaired) electrons. The topological polar surface area (TPSA) is 41.1 Å². The molecule has 1 amide bonds. The summed E-state index contributed by atoms with van der Waals surface area (Å²) in [5.41, 5.74) is 0. The molecular formula is C10H18N2OS. The molecule has 2 aliphatic rings. The van der Waals surface area contributed by atoms with E-state index in [9.17, 15) is 4.79 Å². The Balaban J connectivity index is 1.80. The third-order valence-electron chi connectivity index (χ3n) is 3.22. The first-order valence-corrected chi connectivity index (χ1v) is 6.66. The Morgan fingerprint density at radius 1 is 1.43 bits per heavy atom. The summed E-state index contributed by atoms with van der Waals surface area (Å²) in [6.45, 7) is 0.995. The molecule has 1 aliphatic heterocycles. The third-order valence-corrected chi connectivity index (χ3v) is 4.39. The van der Waals surface area contributed by atoms with E-state index in [0.717, 1.165) is 19.4 Å². The number of hydrogen-bond donors (Lipinski definition) is 2. The molecular weight excluding hydrogens is 196 g/mol. The summed E-state index contributed by atoms with van der Waals surface area (Å²) >= 11 is 1.88. The van der Waals surface area contributed by atoms with Crippen LogP contribution in [0.25, 0.3) is 0 Å². The quantitative estimate of drug-likeness (QED) is 0.728. The average molecular weight is 214 g/mol. The molecule has 14 heavy (non-hydrogen) atoms. The summed E-state index contributed by atoms with van der Waals surface area (Å²) in [7, 11) is 0. The van der Waals surface area contributed by atoms with Crippen LogP contribution >= 0.6 is 11.8 Å². The van der Waals surface area contributed by atoms with Gasteiger partial charge in [-0.25, -0.2) is 0 Å². The average Bonchev–Trinajstić information content (AvgIpc) is 2.48. The lowest BCUT2D eigenvalue weighted by molar-refractivity contribution is -0.125. The molecule has 1 saturated carbocycles. The molecule has 4 heteroatoms. The Morgan fingerprint density at radius 3 is 2.79 bits per heavy atom. The van der Waals surface area contributed by atoms with Crippen molar-refractivity contribution in [2.75, 3.05) is 12.8 Å². The fourth-order valence-corrected chi connectivity index (χ4v) is 3.10. The van der Waals surface area contributed by atoms with E-state index < -0.39 is 0 Å². The van der Waals surface area contributed by atoms with Gasteiger partial charge in [-0.15, -0.1) is 0 Å². The van der Waals surface area contributed by atoms with E-state index in [1.54, 1.807) is 0 Å². The molecule has 3 unspecified atom stereocenters. The number of nitrogens with one attached hydrogen (secondary N) is 2. The molecule has 3 atom stereocenters. The zero-order valence-electron chi connectivity index (χ0n) is 8.58. The second-order valence-corrected chi connectivity index (χ2v) is 5.19. The highest BCUT2D eigenvalue weighted by Crippen LogP contribution is 2.28. The first-order valence-electron chi connectivity index (χ1n) is 5.38. The minimum atomic E-state index is 0.0955. The Morgan fingerprint density at radius 2 is 2.21 bits per heavy atom. The van der Waals surface area contributed by atoms with Crippen molar-refractivity contribution in [2.24, 2.45) is 0 Å². The number of rotatable bonds is 3. The predicted octanol–water partition coefficient (Wildman–Crippen LogP) is 0.749. The van der Waals surface area contributed by atoms with Crippen molar-refractivity contribution in [2.45, 2.75) is 43.0 Å². The minimum absolute atomic E-state index is 0.0955. The van der Waals surface area contributed by atoms with E-state index in [-0.39, 0.29) is 11.9 Å². The fourth-order valence-electron chi connectivity index (χ4n) is 2.17. The molecule has 3 nitrogen and oxygen atoms in total. The molecule has 1 saturated heterocycles. The van der Waals surface area contributed by atoms with E-state index in [1.165, 1.54) is 12.8 Å². The summed E-state index contributed by atoms with van der Waals surface area (Å²) in [4.78, 5) is 11.7. The van der Waals surface area contributed by atoms with Crippen LogP contribution in [0.2, 0.25) is 0 Å². The lowest BCUT2D eigenvalue weighted by atomic mass is 10.1. The Labute approximate surface area is 89.4 Å². The number of amides is 1. The summed E-state index contributed by atoms with van der Waals surface area (Å²) in [6, 6.07) is 0.512. The number of hydrogen-bond acceptors (Lipinski definition) is 3. The van der Waals surface area contributed by atoms with Gasteiger partial charge in [0.05, 0.1) is 6.04 Å². The highest BCUT2D eigenvalue weighted by molar-refractivity contribution is 7.99. The van der Waals surface area contributed by atoms with Gasteiger partial charge in [-0.3, -0.25) is 4.79 Å². The van der Waals surface area contributed by atoms with E-state index in [0.29, 0.717) is 11.3 Å². The fraction of sp³-hybridized carbons (Fsp3) is 0.900. The van der Waals surface area contributed by atoms with Crippen LogP contribution in [0.15, 0.2) is 0 Å². The van der Waals surface area contributed by atoms with Crippen LogP contribution in [0.5, 0.6) is 0 Å². The van der Waals surface area contributed by atoms with Gasteiger partial charge in [0.25, 0.3) is 0 Å². The largest absolute Gasteiger partial charge is 0.351 e. The lowest BCUT2D eigenvalue weighted by Crippen LogP contribution is -2.55. The van der Waals surface area contributed by atoms with Crippen LogP contribution in [0.4, 0.5) is 0 Å². The lowest BCUT2D eigenvalue weighted by Gasteiger charge is -2.29. The minimum Gasteiger partial charge on any atom is -0.351 e. The van der Waals surface area contributed by atoms with E-state index >= 15 is 0 Å². The smallest absolute Gasteiger partial charge is 0.237 e. The van der Waals surface area contributed by atoms with Crippen LogP contribution in [-0.2, 0) is 4.79 Å². The van der Waals surface area contributed by atoms with Crippen LogP contribution in [0.3, 0.4) is 0 Å². The normalized spacial score (nSPS) is 36.5. The van der Waals surface area contributed by atoms with Crippen molar-refractivity contribution in [3.63, 3.8) is 0 Å². The van der Waals surface area contributed by atoms with Gasteiger partial charge in [0.2, 0.25) is 5.91 Å². The number of carbonyl (C=O) groups excluding carboxylic acids is 1. The molecule has 0 bridgehead atoms. The molecule has 1 aliphatic carbocycles. The Hall–Kier alpha value is -0.220. The highest BCUT2D eigenvalue weighted by atomic mass is 32.2. The van der Waals surface area contributed by atoms with Crippen molar-refractivity contribution in [3.05, 3.63) is 0 Å². The second-order valence-electron chi connectivity index (χ2n) is 4.12. The maximum Gasteiger partial charge on any atom is 0.237 e. The highest BCUT2D eigenvalue weighted by Gasteiger charge is 2.31.